The highest BCUT2D eigenvalue weighted by atomic mass is 16.6. The van der Waals surface area contributed by atoms with Crippen LogP contribution in [0, 0.1) is 10.1 Å². The van der Waals surface area contributed by atoms with Crippen LogP contribution in [0.3, 0.4) is 0 Å². The Morgan fingerprint density at radius 1 is 1.53 bits per heavy atom. The van der Waals surface area contributed by atoms with E-state index in [1.165, 1.54) is 17.0 Å². The van der Waals surface area contributed by atoms with Crippen molar-refractivity contribution in [2.45, 2.75) is 0 Å². The van der Waals surface area contributed by atoms with Crippen molar-refractivity contribution in [1.82, 2.24) is 9.88 Å². The van der Waals surface area contributed by atoms with Crippen LogP contribution in [0.2, 0.25) is 0 Å². The number of hydrogen-bond acceptors (Lipinski definition) is 4. The molecule has 7 heteroatoms. The van der Waals surface area contributed by atoms with Gasteiger partial charge < -0.3 is 4.90 Å². The molecule has 1 heterocycles. The van der Waals surface area contributed by atoms with Crippen molar-refractivity contribution in [3.05, 3.63) is 28.4 Å². The lowest BCUT2D eigenvalue weighted by atomic mass is 10.4. The Balaban J connectivity index is 2.73. The van der Waals surface area contributed by atoms with Crippen molar-refractivity contribution in [2.75, 3.05) is 19.4 Å². The molecule has 7 nitrogen and oxygen atoms in total. The van der Waals surface area contributed by atoms with Gasteiger partial charge >= 0.3 is 6.03 Å². The minimum absolute atomic E-state index is 0.113. The second-order valence-corrected chi connectivity index (χ2v) is 2.98. The number of aromatic nitrogens is 1. The number of nitrogens with one attached hydrogen (secondary N) is 1. The summed E-state index contributed by atoms with van der Waals surface area (Å²) in [7, 11) is 3.17. The highest BCUT2D eigenvalue weighted by Gasteiger charge is 2.08. The third-order valence-corrected chi connectivity index (χ3v) is 1.60. The first-order chi connectivity index (χ1) is 7.00. The SMILES string of the molecule is CN(C)C(=O)Nc1ccc([N+](=O)[O-])cn1. The third-order valence-electron chi connectivity index (χ3n) is 1.60. The summed E-state index contributed by atoms with van der Waals surface area (Å²) >= 11 is 0. The van der Waals surface area contributed by atoms with E-state index < -0.39 is 4.92 Å². The van der Waals surface area contributed by atoms with Gasteiger partial charge in [-0.15, -0.1) is 0 Å². The van der Waals surface area contributed by atoms with Crippen LogP contribution in [-0.2, 0) is 0 Å². The molecule has 1 N–H and O–H groups in total. The molecule has 2 amide bonds. The zero-order chi connectivity index (χ0) is 11.4. The highest BCUT2D eigenvalue weighted by Crippen LogP contribution is 2.11. The van der Waals surface area contributed by atoms with Crippen LogP contribution in [0.4, 0.5) is 16.3 Å². The minimum Gasteiger partial charge on any atom is -0.331 e. The summed E-state index contributed by atoms with van der Waals surface area (Å²) in [5.41, 5.74) is -0.113. The monoisotopic (exact) mass is 210 g/mol. The maximum absolute atomic E-state index is 11.2. The molecule has 80 valence electrons. The van der Waals surface area contributed by atoms with E-state index >= 15 is 0 Å². The maximum Gasteiger partial charge on any atom is 0.322 e. The van der Waals surface area contributed by atoms with Gasteiger partial charge in [0.15, 0.2) is 0 Å². The molecular weight excluding hydrogens is 200 g/mol. The highest BCUT2D eigenvalue weighted by molar-refractivity contribution is 5.87. The Morgan fingerprint density at radius 2 is 2.20 bits per heavy atom. The number of amides is 2. The van der Waals surface area contributed by atoms with Crippen molar-refractivity contribution in [3.8, 4) is 0 Å². The lowest BCUT2D eigenvalue weighted by Crippen LogP contribution is -2.27. The zero-order valence-corrected chi connectivity index (χ0v) is 8.30. The number of nitrogens with zero attached hydrogens (tertiary/aromatic N) is 3. The predicted octanol–water partition coefficient (Wildman–Crippen LogP) is 1.08. The second kappa shape index (κ2) is 4.36. The van der Waals surface area contributed by atoms with Crippen LogP contribution in [-0.4, -0.2) is 34.9 Å². The number of rotatable bonds is 2. The van der Waals surface area contributed by atoms with Crippen LogP contribution in [0.25, 0.3) is 0 Å². The number of pyridine rings is 1. The summed E-state index contributed by atoms with van der Waals surface area (Å²) in [6.07, 6.45) is 1.09. The molecule has 15 heavy (non-hydrogen) atoms. The predicted molar refractivity (Wildman–Crippen MR) is 53.6 cm³/mol. The maximum atomic E-state index is 11.2. The average Bonchev–Trinajstić information content (AvgIpc) is 2.18. The molecule has 0 radical (unpaired) electrons. The molecule has 0 aliphatic heterocycles. The van der Waals surface area contributed by atoms with Crippen LogP contribution in [0.15, 0.2) is 18.3 Å². The number of urea groups is 1. The van der Waals surface area contributed by atoms with Gasteiger partial charge in [-0.3, -0.25) is 15.4 Å². The Hall–Kier alpha value is -2.18. The van der Waals surface area contributed by atoms with Gasteiger partial charge in [0.2, 0.25) is 0 Å². The summed E-state index contributed by atoms with van der Waals surface area (Å²) in [5, 5.41) is 12.8. The summed E-state index contributed by atoms with van der Waals surface area (Å²) in [6.45, 7) is 0. The van der Waals surface area contributed by atoms with Crippen LogP contribution < -0.4 is 5.32 Å². The molecular formula is C8H10N4O3. The van der Waals surface area contributed by atoms with Crippen molar-refractivity contribution in [1.29, 1.82) is 0 Å². The van der Waals surface area contributed by atoms with E-state index in [9.17, 15) is 14.9 Å². The Kier molecular flexibility index (Phi) is 3.17. The molecule has 0 fully saturated rings. The van der Waals surface area contributed by atoms with Crippen molar-refractivity contribution in [2.24, 2.45) is 0 Å². The second-order valence-electron chi connectivity index (χ2n) is 2.98. The smallest absolute Gasteiger partial charge is 0.322 e. The molecule has 0 bridgehead atoms. The van der Waals surface area contributed by atoms with Gasteiger partial charge in [0.1, 0.15) is 12.0 Å². The molecule has 1 rings (SSSR count). The molecule has 0 unspecified atom stereocenters. The molecule has 0 spiro atoms. The molecule has 0 aliphatic rings. The van der Waals surface area contributed by atoms with Crippen molar-refractivity contribution >= 4 is 17.5 Å². The Morgan fingerprint density at radius 3 is 2.60 bits per heavy atom. The molecule has 0 aliphatic carbocycles. The quantitative estimate of drug-likeness (QED) is 0.584. The van der Waals surface area contributed by atoms with E-state index in [4.69, 9.17) is 0 Å². The van der Waals surface area contributed by atoms with E-state index in [1.807, 2.05) is 0 Å². The first-order valence-corrected chi connectivity index (χ1v) is 4.09. The van der Waals surface area contributed by atoms with E-state index in [2.05, 4.69) is 10.3 Å². The van der Waals surface area contributed by atoms with Gasteiger partial charge in [-0.25, -0.2) is 9.78 Å². The van der Waals surface area contributed by atoms with Crippen LogP contribution in [0.5, 0.6) is 0 Å². The summed E-state index contributed by atoms with van der Waals surface area (Å²) in [6, 6.07) is 2.31. The van der Waals surface area contributed by atoms with Crippen LogP contribution in [0.1, 0.15) is 0 Å². The van der Waals surface area contributed by atoms with E-state index in [1.54, 1.807) is 14.1 Å². The molecule has 0 aromatic carbocycles. The van der Waals surface area contributed by atoms with Gasteiger partial charge in [-0.05, 0) is 6.07 Å². The number of anilines is 1. The summed E-state index contributed by atoms with van der Waals surface area (Å²) in [5.74, 6) is 0.277. The number of carbonyl (C=O) groups excluding carboxylic acids is 1. The topological polar surface area (TPSA) is 88.4 Å². The molecule has 0 saturated heterocycles. The van der Waals surface area contributed by atoms with E-state index in [-0.39, 0.29) is 17.5 Å². The number of carbonyl (C=O) groups is 1. The largest absolute Gasteiger partial charge is 0.331 e. The van der Waals surface area contributed by atoms with Gasteiger partial charge in [0.05, 0.1) is 4.92 Å². The van der Waals surface area contributed by atoms with Gasteiger partial charge in [0, 0.05) is 20.2 Å². The number of nitro groups is 1. The van der Waals surface area contributed by atoms with Gasteiger partial charge in [-0.2, -0.15) is 0 Å². The average molecular weight is 210 g/mol. The Labute approximate surface area is 85.9 Å². The molecule has 0 saturated carbocycles. The first kappa shape index (κ1) is 10.9. The van der Waals surface area contributed by atoms with Crippen LogP contribution >= 0.6 is 0 Å². The van der Waals surface area contributed by atoms with E-state index in [0.717, 1.165) is 6.20 Å². The fourth-order valence-corrected chi connectivity index (χ4v) is 0.789. The fraction of sp³-hybridized carbons (Fsp3) is 0.250. The standard InChI is InChI=1S/C8H10N4O3/c1-11(2)8(13)10-7-4-3-6(5-9-7)12(14)15/h3-5H,1-2H3,(H,9,10,13). The van der Waals surface area contributed by atoms with Crippen molar-refractivity contribution in [3.63, 3.8) is 0 Å². The van der Waals surface area contributed by atoms with Gasteiger partial charge in [0.25, 0.3) is 5.69 Å². The third kappa shape index (κ3) is 2.90. The first-order valence-electron chi connectivity index (χ1n) is 4.09. The van der Waals surface area contributed by atoms with Crippen molar-refractivity contribution < 1.29 is 9.72 Å². The minimum atomic E-state index is -0.551. The number of hydrogen-bond donors (Lipinski definition) is 1. The normalized spacial score (nSPS) is 9.47. The zero-order valence-electron chi connectivity index (χ0n) is 8.30. The molecule has 1 aromatic heterocycles. The molecule has 0 atom stereocenters. The van der Waals surface area contributed by atoms with E-state index in [0.29, 0.717) is 0 Å². The lowest BCUT2D eigenvalue weighted by molar-refractivity contribution is -0.385. The summed E-state index contributed by atoms with van der Waals surface area (Å²) < 4.78 is 0. The summed E-state index contributed by atoms with van der Waals surface area (Å²) in [4.78, 5) is 26.0. The fourth-order valence-electron chi connectivity index (χ4n) is 0.789. The van der Waals surface area contributed by atoms with Gasteiger partial charge in [-0.1, -0.05) is 0 Å². The molecule has 1 aromatic rings. The lowest BCUT2D eigenvalue weighted by Gasteiger charge is -2.10. The Bertz CT molecular complexity index is 374.